The molecule has 1 aliphatic carbocycles. The maximum Gasteiger partial charge on any atom is 0.223 e. The summed E-state index contributed by atoms with van der Waals surface area (Å²) in [6, 6.07) is 0. The van der Waals surface area contributed by atoms with Crippen LogP contribution in [0.2, 0.25) is 0 Å². The Morgan fingerprint density at radius 3 is 3.15 bits per heavy atom. The van der Waals surface area contributed by atoms with Gasteiger partial charge in [0.25, 0.3) is 0 Å². The summed E-state index contributed by atoms with van der Waals surface area (Å²) in [6.45, 7) is 0.706. The third kappa shape index (κ3) is 2.31. The van der Waals surface area contributed by atoms with Gasteiger partial charge in [-0.05, 0) is 12.8 Å². The number of rotatable bonds is 4. The minimum absolute atomic E-state index is 0.208. The third-order valence-electron chi connectivity index (χ3n) is 2.20. The Kier molecular flexibility index (Phi) is 2.29. The molecule has 1 saturated carbocycles. The van der Waals surface area contributed by atoms with E-state index in [1.165, 1.54) is 0 Å². The van der Waals surface area contributed by atoms with Crippen LogP contribution in [0, 0.1) is 5.92 Å². The molecule has 1 fully saturated rings. The average molecular weight is 179 g/mol. The highest BCUT2D eigenvalue weighted by Gasteiger charge is 2.28. The molecule has 13 heavy (non-hydrogen) atoms. The number of carbonyl (C=O) groups is 1. The highest BCUT2D eigenvalue weighted by atomic mass is 16.2. The topological polar surface area (TPSA) is 57.8 Å². The van der Waals surface area contributed by atoms with Crippen molar-refractivity contribution in [3.05, 3.63) is 18.2 Å². The summed E-state index contributed by atoms with van der Waals surface area (Å²) in [4.78, 5) is 18.1. The molecule has 1 heterocycles. The van der Waals surface area contributed by atoms with Gasteiger partial charge in [0.15, 0.2) is 0 Å². The number of hydrogen-bond acceptors (Lipinski definition) is 2. The smallest absolute Gasteiger partial charge is 0.223 e. The molecule has 1 amide bonds. The molecule has 1 aromatic rings. The van der Waals surface area contributed by atoms with E-state index in [1.54, 1.807) is 12.5 Å². The van der Waals surface area contributed by atoms with Crippen LogP contribution in [-0.4, -0.2) is 22.4 Å². The highest BCUT2D eigenvalue weighted by molar-refractivity contribution is 5.80. The fourth-order valence-corrected chi connectivity index (χ4v) is 1.23. The Balaban J connectivity index is 1.66. The Hall–Kier alpha value is -1.32. The number of hydrogen-bond donors (Lipinski definition) is 2. The summed E-state index contributed by atoms with van der Waals surface area (Å²) < 4.78 is 0. The standard InChI is InChI=1S/C9H13N3O/c13-9(7-1-2-7)11-4-3-8-5-10-6-12-8/h5-7H,1-4H2,(H,10,12)(H,11,13). The lowest BCUT2D eigenvalue weighted by Gasteiger charge is -2.01. The molecule has 0 saturated heterocycles. The first kappa shape index (κ1) is 8.29. The lowest BCUT2D eigenvalue weighted by atomic mass is 10.3. The van der Waals surface area contributed by atoms with Crippen molar-refractivity contribution < 1.29 is 4.79 Å². The van der Waals surface area contributed by atoms with Crippen LogP contribution in [0.15, 0.2) is 12.5 Å². The van der Waals surface area contributed by atoms with Crippen LogP contribution in [-0.2, 0) is 11.2 Å². The van der Waals surface area contributed by atoms with E-state index in [1.807, 2.05) is 0 Å². The maximum atomic E-state index is 11.2. The average Bonchev–Trinajstić information content (AvgIpc) is 2.86. The molecule has 0 unspecified atom stereocenters. The highest BCUT2D eigenvalue weighted by Crippen LogP contribution is 2.28. The first-order valence-corrected chi connectivity index (χ1v) is 4.61. The van der Waals surface area contributed by atoms with Gasteiger partial charge in [-0.25, -0.2) is 4.98 Å². The first-order chi connectivity index (χ1) is 6.36. The van der Waals surface area contributed by atoms with Crippen LogP contribution in [0.4, 0.5) is 0 Å². The van der Waals surface area contributed by atoms with Gasteiger partial charge in [-0.3, -0.25) is 4.79 Å². The minimum atomic E-state index is 0.208. The third-order valence-corrected chi connectivity index (χ3v) is 2.20. The molecule has 0 radical (unpaired) electrons. The van der Waals surface area contributed by atoms with Crippen LogP contribution in [0.25, 0.3) is 0 Å². The van der Waals surface area contributed by atoms with Crippen molar-refractivity contribution in [1.29, 1.82) is 0 Å². The minimum Gasteiger partial charge on any atom is -0.355 e. The van der Waals surface area contributed by atoms with Crippen LogP contribution in [0.5, 0.6) is 0 Å². The van der Waals surface area contributed by atoms with Crippen molar-refractivity contribution in [1.82, 2.24) is 15.3 Å². The Morgan fingerprint density at radius 2 is 2.54 bits per heavy atom. The first-order valence-electron chi connectivity index (χ1n) is 4.61. The van der Waals surface area contributed by atoms with E-state index < -0.39 is 0 Å². The van der Waals surface area contributed by atoms with Gasteiger partial charge in [0, 0.05) is 30.8 Å². The van der Waals surface area contributed by atoms with E-state index in [0.29, 0.717) is 12.5 Å². The largest absolute Gasteiger partial charge is 0.355 e. The molecule has 0 aromatic carbocycles. The van der Waals surface area contributed by atoms with Crippen molar-refractivity contribution in [2.45, 2.75) is 19.3 Å². The van der Waals surface area contributed by atoms with E-state index >= 15 is 0 Å². The molecule has 0 bridgehead atoms. The summed E-state index contributed by atoms with van der Waals surface area (Å²) in [7, 11) is 0. The molecular formula is C9H13N3O. The Morgan fingerprint density at radius 1 is 1.69 bits per heavy atom. The molecule has 1 aromatic heterocycles. The second kappa shape index (κ2) is 3.60. The Labute approximate surface area is 76.8 Å². The van der Waals surface area contributed by atoms with Crippen molar-refractivity contribution in [2.24, 2.45) is 5.92 Å². The molecular weight excluding hydrogens is 166 g/mol. The van der Waals surface area contributed by atoms with Gasteiger partial charge in [0.1, 0.15) is 0 Å². The van der Waals surface area contributed by atoms with Gasteiger partial charge in [-0.15, -0.1) is 0 Å². The van der Waals surface area contributed by atoms with Crippen LogP contribution < -0.4 is 5.32 Å². The van der Waals surface area contributed by atoms with E-state index in [-0.39, 0.29) is 5.91 Å². The SMILES string of the molecule is O=C(NCCc1cnc[nH]1)C1CC1. The molecule has 70 valence electrons. The zero-order valence-electron chi connectivity index (χ0n) is 7.42. The lowest BCUT2D eigenvalue weighted by molar-refractivity contribution is -0.122. The number of amides is 1. The second-order valence-corrected chi connectivity index (χ2v) is 3.39. The van der Waals surface area contributed by atoms with Crippen LogP contribution in [0.1, 0.15) is 18.5 Å². The van der Waals surface area contributed by atoms with Crippen molar-refractivity contribution >= 4 is 5.91 Å². The molecule has 2 N–H and O–H groups in total. The summed E-state index contributed by atoms with van der Waals surface area (Å²) in [5, 5.41) is 2.90. The van der Waals surface area contributed by atoms with Crippen molar-refractivity contribution in [3.8, 4) is 0 Å². The monoisotopic (exact) mass is 179 g/mol. The van der Waals surface area contributed by atoms with Gasteiger partial charge < -0.3 is 10.3 Å². The predicted molar refractivity (Wildman–Crippen MR) is 48.0 cm³/mol. The number of H-pyrrole nitrogens is 1. The fraction of sp³-hybridized carbons (Fsp3) is 0.556. The van der Waals surface area contributed by atoms with Gasteiger partial charge in [0.05, 0.1) is 6.33 Å². The summed E-state index contributed by atoms with van der Waals surface area (Å²) in [6.07, 6.45) is 6.39. The van der Waals surface area contributed by atoms with Gasteiger partial charge >= 0.3 is 0 Å². The Bertz CT molecular complexity index is 277. The van der Waals surface area contributed by atoms with E-state index in [0.717, 1.165) is 25.0 Å². The fourth-order valence-electron chi connectivity index (χ4n) is 1.23. The molecule has 0 aliphatic heterocycles. The normalized spacial score (nSPS) is 15.7. The number of nitrogens with one attached hydrogen (secondary N) is 2. The molecule has 1 aliphatic rings. The summed E-state index contributed by atoms with van der Waals surface area (Å²) in [5.41, 5.74) is 1.07. The number of nitrogens with zero attached hydrogens (tertiary/aromatic N) is 1. The zero-order chi connectivity index (χ0) is 9.10. The van der Waals surface area contributed by atoms with Gasteiger partial charge in [0.2, 0.25) is 5.91 Å². The van der Waals surface area contributed by atoms with Crippen molar-refractivity contribution in [2.75, 3.05) is 6.54 Å². The summed E-state index contributed by atoms with van der Waals surface area (Å²) >= 11 is 0. The lowest BCUT2D eigenvalue weighted by Crippen LogP contribution is -2.26. The molecule has 4 heteroatoms. The quantitative estimate of drug-likeness (QED) is 0.706. The number of imidazole rings is 1. The van der Waals surface area contributed by atoms with E-state index in [4.69, 9.17) is 0 Å². The number of aromatic nitrogens is 2. The number of aromatic amines is 1. The molecule has 4 nitrogen and oxygen atoms in total. The predicted octanol–water partition coefficient (Wildman–Crippen LogP) is 0.478. The van der Waals surface area contributed by atoms with E-state index in [9.17, 15) is 4.79 Å². The van der Waals surface area contributed by atoms with Gasteiger partial charge in [-0.1, -0.05) is 0 Å². The summed E-state index contributed by atoms with van der Waals surface area (Å²) in [5.74, 6) is 0.515. The second-order valence-electron chi connectivity index (χ2n) is 3.39. The molecule has 0 atom stereocenters. The van der Waals surface area contributed by atoms with Crippen LogP contribution >= 0.6 is 0 Å². The van der Waals surface area contributed by atoms with Gasteiger partial charge in [-0.2, -0.15) is 0 Å². The van der Waals surface area contributed by atoms with Crippen molar-refractivity contribution in [3.63, 3.8) is 0 Å². The zero-order valence-corrected chi connectivity index (χ0v) is 7.42. The maximum absolute atomic E-state index is 11.2. The molecule has 2 rings (SSSR count). The number of carbonyl (C=O) groups excluding carboxylic acids is 1. The van der Waals surface area contributed by atoms with E-state index in [2.05, 4.69) is 15.3 Å². The van der Waals surface area contributed by atoms with Crippen LogP contribution in [0.3, 0.4) is 0 Å². The molecule has 0 spiro atoms.